The van der Waals surface area contributed by atoms with Crippen LogP contribution < -0.4 is 0 Å². The van der Waals surface area contributed by atoms with Crippen molar-refractivity contribution in [2.45, 2.75) is 91.6 Å². The van der Waals surface area contributed by atoms with E-state index in [2.05, 4.69) is 13.8 Å². The molecule has 5 heteroatoms. The van der Waals surface area contributed by atoms with Crippen LogP contribution in [0.5, 0.6) is 0 Å². The van der Waals surface area contributed by atoms with Gasteiger partial charge in [0.15, 0.2) is 11.6 Å². The second-order valence-corrected chi connectivity index (χ2v) is 10.4. The van der Waals surface area contributed by atoms with Crippen molar-refractivity contribution < 1.29 is 24.1 Å². The summed E-state index contributed by atoms with van der Waals surface area (Å²) in [5.41, 5.74) is 0.180. The van der Waals surface area contributed by atoms with Gasteiger partial charge in [-0.05, 0) is 59.3 Å². The molecule has 0 aliphatic carbocycles. The van der Waals surface area contributed by atoms with Gasteiger partial charge in [0.25, 0.3) is 0 Å². The van der Waals surface area contributed by atoms with Crippen LogP contribution in [0.4, 0.5) is 0 Å². The Labute approximate surface area is 166 Å². The molecule has 5 nitrogen and oxygen atoms in total. The largest absolute Gasteiger partial charge is 0.396 e. The summed E-state index contributed by atoms with van der Waals surface area (Å²) in [7, 11) is 0. The lowest BCUT2D eigenvalue weighted by Crippen LogP contribution is -2.45. The van der Waals surface area contributed by atoms with Crippen molar-refractivity contribution in [3.63, 3.8) is 0 Å². The zero-order valence-electron chi connectivity index (χ0n) is 18.4. The third-order valence-corrected chi connectivity index (χ3v) is 6.12. The fourth-order valence-corrected chi connectivity index (χ4v) is 3.81. The fraction of sp³-hybridized carbons (Fsp3) is 1.00. The first-order valence-electron chi connectivity index (χ1n) is 10.6. The first-order chi connectivity index (χ1) is 12.5. The lowest BCUT2D eigenvalue weighted by atomic mass is 9.82. The Morgan fingerprint density at radius 1 is 0.667 bits per heavy atom. The molecule has 2 saturated heterocycles. The molecular formula is C22H42O5. The first kappa shape index (κ1) is 23.1. The molecule has 0 unspecified atom stereocenters. The summed E-state index contributed by atoms with van der Waals surface area (Å²) in [5, 5.41) is 9.77. The molecule has 2 aliphatic heterocycles. The van der Waals surface area contributed by atoms with Gasteiger partial charge in [-0.2, -0.15) is 0 Å². The summed E-state index contributed by atoms with van der Waals surface area (Å²) in [6.07, 6.45) is 6.49. The zero-order chi connectivity index (χ0) is 20.2. The maximum atomic E-state index is 9.77. The lowest BCUT2D eigenvalue weighted by molar-refractivity contribution is -0.283. The molecule has 0 amide bonds. The summed E-state index contributed by atoms with van der Waals surface area (Å²) in [4.78, 5) is 0. The Morgan fingerprint density at radius 2 is 1.00 bits per heavy atom. The maximum Gasteiger partial charge on any atom is 0.162 e. The van der Waals surface area contributed by atoms with E-state index in [1.54, 1.807) is 0 Å². The van der Waals surface area contributed by atoms with Crippen LogP contribution in [0.25, 0.3) is 0 Å². The molecule has 0 atom stereocenters. The smallest absolute Gasteiger partial charge is 0.162 e. The van der Waals surface area contributed by atoms with Gasteiger partial charge in [0.05, 0.1) is 26.4 Å². The van der Waals surface area contributed by atoms with Gasteiger partial charge < -0.3 is 24.1 Å². The highest BCUT2D eigenvalue weighted by Gasteiger charge is 2.37. The molecule has 0 aromatic heterocycles. The van der Waals surface area contributed by atoms with Crippen molar-refractivity contribution in [2.24, 2.45) is 16.7 Å². The van der Waals surface area contributed by atoms with Crippen LogP contribution in [0.15, 0.2) is 0 Å². The summed E-state index contributed by atoms with van der Waals surface area (Å²) in [6.45, 7) is 15.6. The Morgan fingerprint density at radius 3 is 1.30 bits per heavy atom. The fourth-order valence-electron chi connectivity index (χ4n) is 3.81. The van der Waals surface area contributed by atoms with E-state index in [0.717, 1.165) is 65.0 Å². The minimum absolute atomic E-state index is 0.0899. The monoisotopic (exact) mass is 386 g/mol. The minimum atomic E-state index is -0.453. The number of aliphatic hydroxyl groups is 1. The predicted molar refractivity (Wildman–Crippen MR) is 106 cm³/mol. The van der Waals surface area contributed by atoms with E-state index in [4.69, 9.17) is 18.9 Å². The van der Waals surface area contributed by atoms with Crippen LogP contribution in [0, 0.1) is 16.7 Å². The molecule has 0 bridgehead atoms. The van der Waals surface area contributed by atoms with Gasteiger partial charge in [-0.1, -0.05) is 26.7 Å². The summed E-state index contributed by atoms with van der Waals surface area (Å²) in [6, 6.07) is 0. The number of rotatable bonds is 9. The van der Waals surface area contributed by atoms with E-state index < -0.39 is 11.6 Å². The Hall–Kier alpha value is -0.200. The quantitative estimate of drug-likeness (QED) is 0.632. The number of ether oxygens (including phenoxy) is 4. The lowest BCUT2D eigenvalue weighted by Gasteiger charge is -2.42. The molecule has 0 saturated carbocycles. The summed E-state index contributed by atoms with van der Waals surface area (Å²) < 4.78 is 23.3. The van der Waals surface area contributed by atoms with Gasteiger partial charge in [0.1, 0.15) is 0 Å². The van der Waals surface area contributed by atoms with E-state index in [1.807, 2.05) is 27.7 Å². The average Bonchev–Trinajstić information content (AvgIpc) is 2.60. The van der Waals surface area contributed by atoms with E-state index in [0.29, 0.717) is 5.92 Å². The first-order valence-corrected chi connectivity index (χ1v) is 10.6. The molecule has 2 rings (SSSR count). The highest BCUT2D eigenvalue weighted by atomic mass is 16.7. The van der Waals surface area contributed by atoms with Crippen molar-refractivity contribution in [2.75, 3.05) is 33.0 Å². The van der Waals surface area contributed by atoms with Gasteiger partial charge in [-0.15, -0.1) is 0 Å². The topological polar surface area (TPSA) is 57.2 Å². The van der Waals surface area contributed by atoms with Gasteiger partial charge in [0, 0.05) is 17.4 Å². The average molecular weight is 387 g/mol. The standard InChI is InChI=1S/C22H42O5/c1-19(2)24-14-21(5,15-25-19)11-7-9-18(13-23)10-8-12-22(6)16-26-20(3,4)27-17-22/h18,23H,7-17H2,1-6H3. The number of hydrogen-bond donors (Lipinski definition) is 1. The van der Waals surface area contributed by atoms with E-state index in [1.165, 1.54) is 0 Å². The van der Waals surface area contributed by atoms with Crippen LogP contribution >= 0.6 is 0 Å². The third-order valence-electron chi connectivity index (χ3n) is 6.12. The van der Waals surface area contributed by atoms with E-state index in [-0.39, 0.29) is 17.4 Å². The molecule has 2 heterocycles. The predicted octanol–water partition coefficient (Wildman–Crippen LogP) is 4.51. The van der Waals surface area contributed by atoms with Crippen molar-refractivity contribution in [1.29, 1.82) is 0 Å². The maximum absolute atomic E-state index is 9.77. The van der Waals surface area contributed by atoms with Crippen molar-refractivity contribution in [1.82, 2.24) is 0 Å². The summed E-state index contributed by atoms with van der Waals surface area (Å²) in [5.74, 6) is -0.531. The highest BCUT2D eigenvalue weighted by Crippen LogP contribution is 2.36. The SMILES string of the molecule is CC1(CCCC(CO)CCCC2(C)COC(C)(C)OC2)COC(C)(C)OC1. The molecule has 1 N–H and O–H groups in total. The van der Waals surface area contributed by atoms with E-state index in [9.17, 15) is 5.11 Å². The Bertz CT molecular complexity index is 400. The summed E-state index contributed by atoms with van der Waals surface area (Å²) >= 11 is 0. The van der Waals surface area contributed by atoms with Gasteiger partial charge in [-0.25, -0.2) is 0 Å². The van der Waals surface area contributed by atoms with Crippen molar-refractivity contribution in [3.8, 4) is 0 Å². The molecule has 0 aromatic carbocycles. The van der Waals surface area contributed by atoms with E-state index >= 15 is 0 Å². The Balaban J connectivity index is 1.64. The van der Waals surface area contributed by atoms with Gasteiger partial charge in [-0.3, -0.25) is 0 Å². The minimum Gasteiger partial charge on any atom is -0.396 e. The number of hydrogen-bond acceptors (Lipinski definition) is 5. The molecule has 27 heavy (non-hydrogen) atoms. The molecule has 0 radical (unpaired) electrons. The molecule has 2 fully saturated rings. The van der Waals surface area contributed by atoms with Crippen LogP contribution in [0.1, 0.15) is 80.1 Å². The molecule has 0 spiro atoms. The number of aliphatic hydroxyl groups excluding tert-OH is 1. The highest BCUT2D eigenvalue weighted by molar-refractivity contribution is 4.81. The van der Waals surface area contributed by atoms with Crippen LogP contribution in [0.3, 0.4) is 0 Å². The normalized spacial score (nSPS) is 26.2. The molecule has 2 aliphatic rings. The van der Waals surface area contributed by atoms with Crippen LogP contribution in [0.2, 0.25) is 0 Å². The zero-order valence-corrected chi connectivity index (χ0v) is 18.4. The van der Waals surface area contributed by atoms with Gasteiger partial charge >= 0.3 is 0 Å². The third kappa shape index (κ3) is 7.62. The van der Waals surface area contributed by atoms with Gasteiger partial charge in [0.2, 0.25) is 0 Å². The molecule has 0 aromatic rings. The second-order valence-electron chi connectivity index (χ2n) is 10.4. The van der Waals surface area contributed by atoms with Crippen LogP contribution in [-0.2, 0) is 18.9 Å². The Kier molecular flexibility index (Phi) is 7.76. The molecule has 160 valence electrons. The van der Waals surface area contributed by atoms with Crippen molar-refractivity contribution in [3.05, 3.63) is 0 Å². The molecular weight excluding hydrogens is 344 g/mol. The van der Waals surface area contributed by atoms with Crippen LogP contribution in [-0.4, -0.2) is 49.7 Å². The second kappa shape index (κ2) is 9.08. The van der Waals surface area contributed by atoms with Crippen molar-refractivity contribution >= 4 is 0 Å².